The number of aryl methyl sites for hydroxylation is 1. The van der Waals surface area contributed by atoms with Gasteiger partial charge in [0.15, 0.2) is 5.65 Å². The Morgan fingerprint density at radius 2 is 2.27 bits per heavy atom. The number of hydrogen-bond acceptors (Lipinski definition) is 6. The quantitative estimate of drug-likeness (QED) is 0.762. The van der Waals surface area contributed by atoms with Crippen molar-refractivity contribution in [1.29, 1.82) is 0 Å². The molecule has 0 radical (unpaired) electrons. The molecule has 4 rings (SSSR count). The van der Waals surface area contributed by atoms with Crippen LogP contribution < -0.4 is 10.1 Å². The third-order valence-corrected chi connectivity index (χ3v) is 4.25. The highest BCUT2D eigenvalue weighted by atomic mass is 16.5. The Hall–Kier alpha value is -3.00. The summed E-state index contributed by atoms with van der Waals surface area (Å²) in [7, 11) is 0. The number of carbonyl (C=O) groups is 1. The molecule has 4 heterocycles. The van der Waals surface area contributed by atoms with E-state index in [2.05, 4.69) is 20.4 Å². The van der Waals surface area contributed by atoms with Crippen LogP contribution in [0, 0.1) is 6.92 Å². The standard InChI is InChI=1S/C18H19N5O3/c1-12-8-20-17-13(9-21-23(17)10-12)18(24)22-14-11-25-7-5-15(14)26-16-4-2-3-6-19-16/h2-4,6,8-10,14-15H,5,7,11H2,1H3,(H,22,24)/t14-,15-/m1/s1. The molecule has 0 aliphatic carbocycles. The third kappa shape index (κ3) is 3.36. The van der Waals surface area contributed by atoms with Crippen molar-refractivity contribution in [2.24, 2.45) is 0 Å². The molecule has 3 aromatic heterocycles. The van der Waals surface area contributed by atoms with E-state index in [9.17, 15) is 4.79 Å². The predicted octanol–water partition coefficient (Wildman–Crippen LogP) is 1.40. The van der Waals surface area contributed by atoms with E-state index in [0.29, 0.717) is 36.7 Å². The molecular formula is C18H19N5O3. The van der Waals surface area contributed by atoms with E-state index in [0.717, 1.165) is 5.56 Å². The van der Waals surface area contributed by atoms with Gasteiger partial charge in [-0.05, 0) is 18.6 Å². The van der Waals surface area contributed by atoms with E-state index in [4.69, 9.17) is 9.47 Å². The minimum Gasteiger partial charge on any atom is -0.472 e. The SMILES string of the molecule is Cc1cnc2c(C(=O)N[C@@H]3COCC[C@H]3Oc3ccccn3)cnn2c1. The Morgan fingerprint density at radius 1 is 1.35 bits per heavy atom. The highest BCUT2D eigenvalue weighted by Crippen LogP contribution is 2.17. The van der Waals surface area contributed by atoms with Gasteiger partial charge in [0.1, 0.15) is 11.7 Å². The smallest absolute Gasteiger partial charge is 0.257 e. The van der Waals surface area contributed by atoms with Crippen LogP contribution in [-0.4, -0.2) is 50.8 Å². The fraction of sp³-hybridized carbons (Fsp3) is 0.333. The molecule has 0 bridgehead atoms. The lowest BCUT2D eigenvalue weighted by atomic mass is 10.1. The van der Waals surface area contributed by atoms with Crippen molar-refractivity contribution in [2.75, 3.05) is 13.2 Å². The van der Waals surface area contributed by atoms with Crippen molar-refractivity contribution in [3.63, 3.8) is 0 Å². The summed E-state index contributed by atoms with van der Waals surface area (Å²) in [6, 6.07) is 5.21. The van der Waals surface area contributed by atoms with E-state index in [1.165, 1.54) is 6.20 Å². The zero-order chi connectivity index (χ0) is 17.9. The molecular weight excluding hydrogens is 334 g/mol. The first-order valence-electron chi connectivity index (χ1n) is 8.47. The number of pyridine rings is 1. The number of aromatic nitrogens is 4. The van der Waals surface area contributed by atoms with Crippen LogP contribution in [0.1, 0.15) is 22.3 Å². The average Bonchev–Trinajstić information content (AvgIpc) is 3.07. The molecule has 0 saturated carbocycles. The summed E-state index contributed by atoms with van der Waals surface area (Å²) in [6.07, 6.45) is 7.21. The Bertz CT molecular complexity index is 912. The van der Waals surface area contributed by atoms with Crippen molar-refractivity contribution in [2.45, 2.75) is 25.5 Å². The molecule has 8 nitrogen and oxygen atoms in total. The summed E-state index contributed by atoms with van der Waals surface area (Å²) in [5, 5.41) is 7.19. The summed E-state index contributed by atoms with van der Waals surface area (Å²) in [4.78, 5) is 21.2. The normalized spacial score (nSPS) is 20.0. The number of nitrogens with zero attached hydrogens (tertiary/aromatic N) is 4. The molecule has 1 amide bonds. The van der Waals surface area contributed by atoms with Crippen LogP contribution in [0.4, 0.5) is 0 Å². The highest BCUT2D eigenvalue weighted by molar-refractivity contribution is 5.99. The lowest BCUT2D eigenvalue weighted by molar-refractivity contribution is -0.00446. The number of nitrogens with one attached hydrogen (secondary N) is 1. The van der Waals surface area contributed by atoms with Crippen LogP contribution in [0.15, 0.2) is 43.0 Å². The summed E-state index contributed by atoms with van der Waals surface area (Å²) >= 11 is 0. The lowest BCUT2D eigenvalue weighted by Gasteiger charge is -2.31. The number of fused-ring (bicyclic) bond motifs is 1. The molecule has 1 aliphatic rings. The van der Waals surface area contributed by atoms with E-state index in [1.807, 2.05) is 25.3 Å². The van der Waals surface area contributed by atoms with Crippen molar-refractivity contribution in [3.05, 3.63) is 54.1 Å². The summed E-state index contributed by atoms with van der Waals surface area (Å²) in [5.74, 6) is 0.285. The molecule has 0 spiro atoms. The Kier molecular flexibility index (Phi) is 4.49. The van der Waals surface area contributed by atoms with Crippen LogP contribution in [0.25, 0.3) is 5.65 Å². The van der Waals surface area contributed by atoms with Gasteiger partial charge in [-0.3, -0.25) is 4.79 Å². The maximum Gasteiger partial charge on any atom is 0.257 e. The van der Waals surface area contributed by atoms with Crippen molar-refractivity contribution in [1.82, 2.24) is 24.9 Å². The fourth-order valence-electron chi connectivity index (χ4n) is 2.94. The molecule has 8 heteroatoms. The molecule has 26 heavy (non-hydrogen) atoms. The summed E-state index contributed by atoms with van der Waals surface area (Å²) in [6.45, 7) is 2.89. The third-order valence-electron chi connectivity index (χ3n) is 4.25. The molecule has 1 aliphatic heterocycles. The zero-order valence-electron chi connectivity index (χ0n) is 14.3. The van der Waals surface area contributed by atoms with Gasteiger partial charge in [-0.15, -0.1) is 0 Å². The Balaban J connectivity index is 1.51. The number of carbonyl (C=O) groups excluding carboxylic acids is 1. The van der Waals surface area contributed by atoms with Crippen molar-refractivity contribution < 1.29 is 14.3 Å². The number of hydrogen-bond donors (Lipinski definition) is 1. The molecule has 1 saturated heterocycles. The first kappa shape index (κ1) is 16.5. The molecule has 0 aromatic carbocycles. The number of ether oxygens (including phenoxy) is 2. The maximum absolute atomic E-state index is 12.7. The number of amides is 1. The average molecular weight is 353 g/mol. The second kappa shape index (κ2) is 7.09. The second-order valence-electron chi connectivity index (χ2n) is 6.23. The topological polar surface area (TPSA) is 90.6 Å². The zero-order valence-corrected chi connectivity index (χ0v) is 14.3. The van der Waals surface area contributed by atoms with Crippen LogP contribution in [-0.2, 0) is 4.74 Å². The van der Waals surface area contributed by atoms with Crippen LogP contribution in [0.2, 0.25) is 0 Å². The summed E-state index contributed by atoms with van der Waals surface area (Å²) < 4.78 is 13.1. The fourth-order valence-corrected chi connectivity index (χ4v) is 2.94. The van der Waals surface area contributed by atoms with Gasteiger partial charge in [0, 0.05) is 31.1 Å². The van der Waals surface area contributed by atoms with Crippen molar-refractivity contribution >= 4 is 11.6 Å². The minimum atomic E-state index is -0.279. The van der Waals surface area contributed by atoms with Gasteiger partial charge < -0.3 is 14.8 Å². The summed E-state index contributed by atoms with van der Waals surface area (Å²) in [5.41, 5.74) is 1.91. The van der Waals surface area contributed by atoms with Crippen LogP contribution in [0.5, 0.6) is 5.88 Å². The van der Waals surface area contributed by atoms with Gasteiger partial charge >= 0.3 is 0 Å². The van der Waals surface area contributed by atoms with Crippen LogP contribution in [0.3, 0.4) is 0 Å². The molecule has 1 fully saturated rings. The molecule has 2 atom stereocenters. The van der Waals surface area contributed by atoms with Gasteiger partial charge in [0.2, 0.25) is 5.88 Å². The maximum atomic E-state index is 12.7. The molecule has 134 valence electrons. The van der Waals surface area contributed by atoms with E-state index in [1.54, 1.807) is 23.0 Å². The van der Waals surface area contributed by atoms with Crippen molar-refractivity contribution in [3.8, 4) is 5.88 Å². The number of rotatable bonds is 4. The molecule has 0 unspecified atom stereocenters. The van der Waals surface area contributed by atoms with E-state index >= 15 is 0 Å². The Morgan fingerprint density at radius 3 is 3.12 bits per heavy atom. The first-order chi connectivity index (χ1) is 12.7. The highest BCUT2D eigenvalue weighted by Gasteiger charge is 2.30. The van der Waals surface area contributed by atoms with E-state index in [-0.39, 0.29) is 18.1 Å². The largest absolute Gasteiger partial charge is 0.472 e. The lowest BCUT2D eigenvalue weighted by Crippen LogP contribution is -2.51. The Labute approximate surface area is 150 Å². The van der Waals surface area contributed by atoms with E-state index < -0.39 is 0 Å². The molecule has 3 aromatic rings. The predicted molar refractivity (Wildman–Crippen MR) is 93.1 cm³/mol. The second-order valence-corrected chi connectivity index (χ2v) is 6.23. The molecule has 1 N–H and O–H groups in total. The van der Waals surface area contributed by atoms with Gasteiger partial charge in [-0.25, -0.2) is 14.5 Å². The first-order valence-corrected chi connectivity index (χ1v) is 8.47. The van der Waals surface area contributed by atoms with Gasteiger partial charge in [0.05, 0.1) is 25.5 Å². The van der Waals surface area contributed by atoms with Gasteiger partial charge in [-0.2, -0.15) is 5.10 Å². The van der Waals surface area contributed by atoms with Crippen LogP contribution >= 0.6 is 0 Å². The monoisotopic (exact) mass is 353 g/mol. The minimum absolute atomic E-state index is 0.209. The van der Waals surface area contributed by atoms with Gasteiger partial charge in [-0.1, -0.05) is 6.07 Å². The van der Waals surface area contributed by atoms with Gasteiger partial charge in [0.25, 0.3) is 5.91 Å².